The van der Waals surface area contributed by atoms with Crippen molar-refractivity contribution < 1.29 is 23.7 Å². The van der Waals surface area contributed by atoms with E-state index in [1.54, 1.807) is 18.2 Å². The smallest absolute Gasteiger partial charge is 0.165 e. The number of nitrogens with zero attached hydrogens (tertiary/aromatic N) is 1. The summed E-state index contributed by atoms with van der Waals surface area (Å²) in [6.07, 6.45) is 1.25. The number of aliphatic hydroxyl groups excluding tert-OH is 1. The minimum atomic E-state index is -0.787. The Balaban J connectivity index is 1.29. The van der Waals surface area contributed by atoms with Crippen molar-refractivity contribution in [1.82, 2.24) is 4.90 Å². The molecule has 1 aliphatic carbocycles. The lowest BCUT2D eigenvalue weighted by Crippen LogP contribution is -2.29. The molecule has 2 aromatic rings. The Hall–Kier alpha value is -2.18. The molecule has 1 saturated carbocycles. The number of rotatable bonds is 5. The van der Waals surface area contributed by atoms with Gasteiger partial charge in [0.15, 0.2) is 11.6 Å². The second-order valence-electron chi connectivity index (χ2n) is 7.63. The van der Waals surface area contributed by atoms with Gasteiger partial charge in [-0.15, -0.1) is 0 Å². The van der Waals surface area contributed by atoms with Gasteiger partial charge < -0.3 is 14.9 Å². The van der Waals surface area contributed by atoms with E-state index < -0.39 is 17.7 Å². The van der Waals surface area contributed by atoms with Gasteiger partial charge >= 0.3 is 0 Å². The molecule has 0 spiro atoms. The molecule has 2 N–H and O–H groups in total. The van der Waals surface area contributed by atoms with Crippen LogP contribution in [0.15, 0.2) is 42.5 Å². The van der Waals surface area contributed by atoms with Crippen molar-refractivity contribution in [3.05, 3.63) is 59.7 Å². The zero-order chi connectivity index (χ0) is 19.0. The summed E-state index contributed by atoms with van der Waals surface area (Å²) in [7, 11) is 0. The van der Waals surface area contributed by atoms with Gasteiger partial charge in [-0.05, 0) is 66.6 Å². The zero-order valence-electron chi connectivity index (χ0n) is 14.9. The van der Waals surface area contributed by atoms with Gasteiger partial charge in [0.1, 0.15) is 11.6 Å². The quantitative estimate of drug-likeness (QED) is 0.840. The van der Waals surface area contributed by atoms with Crippen LogP contribution in [0.25, 0.3) is 0 Å². The number of likely N-dealkylation sites (tertiary alicyclic amines) is 1. The van der Waals surface area contributed by atoms with Crippen molar-refractivity contribution in [3.8, 4) is 11.5 Å². The summed E-state index contributed by atoms with van der Waals surface area (Å²) < 4.78 is 32.4. The van der Waals surface area contributed by atoms with Crippen LogP contribution in [0.5, 0.6) is 11.5 Å². The summed E-state index contributed by atoms with van der Waals surface area (Å²) in [5, 5.41) is 19.6. The van der Waals surface area contributed by atoms with E-state index in [-0.39, 0.29) is 11.9 Å². The monoisotopic (exact) mass is 375 g/mol. The van der Waals surface area contributed by atoms with Gasteiger partial charge in [0.2, 0.25) is 0 Å². The van der Waals surface area contributed by atoms with E-state index in [1.807, 2.05) is 0 Å². The minimum absolute atomic E-state index is 0.142. The van der Waals surface area contributed by atoms with Crippen molar-refractivity contribution in [1.29, 1.82) is 0 Å². The number of phenols is 1. The number of aliphatic hydroxyl groups is 1. The molecule has 1 saturated heterocycles. The van der Waals surface area contributed by atoms with E-state index in [1.165, 1.54) is 24.3 Å². The van der Waals surface area contributed by atoms with E-state index in [2.05, 4.69) is 4.90 Å². The van der Waals surface area contributed by atoms with Crippen LogP contribution in [-0.2, 0) is 0 Å². The predicted octanol–water partition coefficient (Wildman–Crippen LogP) is 3.49. The Bertz CT molecular complexity index is 785. The lowest BCUT2D eigenvalue weighted by atomic mass is 10.0. The number of β-amino-alcohol motifs (C(OH)–C–C–N with tert-alkyl or cyclic N) is 1. The number of hydrogen-bond donors (Lipinski definition) is 2. The van der Waals surface area contributed by atoms with Crippen molar-refractivity contribution in [2.45, 2.75) is 25.0 Å². The molecule has 2 unspecified atom stereocenters. The van der Waals surface area contributed by atoms with Gasteiger partial charge in [-0.3, -0.25) is 4.90 Å². The second kappa shape index (κ2) is 7.44. The summed E-state index contributed by atoms with van der Waals surface area (Å²) >= 11 is 0. The average molecular weight is 375 g/mol. The van der Waals surface area contributed by atoms with Crippen LogP contribution in [0.1, 0.15) is 24.5 Å². The summed E-state index contributed by atoms with van der Waals surface area (Å²) in [6, 6.07) is 10.1. The molecule has 2 fully saturated rings. The number of benzene rings is 2. The van der Waals surface area contributed by atoms with Gasteiger partial charge in [-0.2, -0.15) is 0 Å². The normalized spacial score (nSPS) is 26.1. The Kier molecular flexibility index (Phi) is 5.02. The first-order valence-electron chi connectivity index (χ1n) is 9.29. The highest BCUT2D eigenvalue weighted by molar-refractivity contribution is 5.29. The lowest BCUT2D eigenvalue weighted by molar-refractivity contribution is 0.116. The van der Waals surface area contributed by atoms with Gasteiger partial charge in [0, 0.05) is 19.6 Å². The molecular weight excluding hydrogens is 352 g/mol. The zero-order valence-corrected chi connectivity index (χ0v) is 14.9. The maximum Gasteiger partial charge on any atom is 0.165 e. The summed E-state index contributed by atoms with van der Waals surface area (Å²) in [5.74, 6) is 0.328. The third kappa shape index (κ3) is 4.06. The molecule has 0 aromatic heterocycles. The third-order valence-corrected chi connectivity index (χ3v) is 5.69. The van der Waals surface area contributed by atoms with Crippen LogP contribution in [0.3, 0.4) is 0 Å². The number of aromatic hydroxyl groups is 1. The minimum Gasteiger partial charge on any atom is -0.505 e. The van der Waals surface area contributed by atoms with Crippen LogP contribution in [-0.4, -0.2) is 40.9 Å². The summed E-state index contributed by atoms with van der Waals surface area (Å²) in [5.41, 5.74) is 0.472. The van der Waals surface area contributed by atoms with Crippen LogP contribution in [0, 0.1) is 23.5 Å². The fraction of sp³-hybridized carbons (Fsp3) is 0.429. The Labute approximate surface area is 157 Å². The van der Waals surface area contributed by atoms with Gasteiger partial charge in [-0.1, -0.05) is 6.07 Å². The first-order chi connectivity index (χ1) is 13.0. The van der Waals surface area contributed by atoms with E-state index in [0.29, 0.717) is 29.7 Å². The first kappa shape index (κ1) is 18.2. The van der Waals surface area contributed by atoms with Gasteiger partial charge in [0.25, 0.3) is 0 Å². The molecule has 2 aromatic carbocycles. The first-order valence-corrected chi connectivity index (χ1v) is 9.29. The number of fused-ring (bicyclic) bond motifs is 1. The predicted molar refractivity (Wildman–Crippen MR) is 96.5 cm³/mol. The Morgan fingerprint density at radius 3 is 2.33 bits per heavy atom. The van der Waals surface area contributed by atoms with Gasteiger partial charge in [0.05, 0.1) is 12.2 Å². The SMILES string of the molecule is Oc1ccc(C(O)CN2C[C@H]3CC(Oc4ccc(F)cc4)C[C@H]3C2)cc1F. The lowest BCUT2D eigenvalue weighted by Gasteiger charge is -2.22. The molecule has 27 heavy (non-hydrogen) atoms. The number of halogens is 2. The van der Waals surface area contributed by atoms with Crippen LogP contribution in [0.2, 0.25) is 0 Å². The third-order valence-electron chi connectivity index (χ3n) is 5.69. The number of hydrogen-bond acceptors (Lipinski definition) is 4. The second-order valence-corrected chi connectivity index (χ2v) is 7.63. The Morgan fingerprint density at radius 2 is 1.70 bits per heavy atom. The molecule has 2 aliphatic rings. The van der Waals surface area contributed by atoms with Crippen molar-refractivity contribution in [3.63, 3.8) is 0 Å². The molecule has 6 heteroatoms. The highest BCUT2D eigenvalue weighted by Gasteiger charge is 2.42. The van der Waals surface area contributed by atoms with Gasteiger partial charge in [-0.25, -0.2) is 8.78 Å². The van der Waals surface area contributed by atoms with E-state index >= 15 is 0 Å². The molecule has 0 bridgehead atoms. The van der Waals surface area contributed by atoms with E-state index in [0.717, 1.165) is 25.9 Å². The van der Waals surface area contributed by atoms with E-state index in [4.69, 9.17) is 4.74 Å². The Morgan fingerprint density at radius 1 is 1.04 bits per heavy atom. The van der Waals surface area contributed by atoms with Crippen molar-refractivity contribution in [2.24, 2.45) is 11.8 Å². The molecule has 4 atom stereocenters. The highest BCUT2D eigenvalue weighted by Crippen LogP contribution is 2.40. The number of ether oxygens (including phenoxy) is 1. The molecule has 0 amide bonds. The molecular formula is C21H23F2NO3. The topological polar surface area (TPSA) is 52.9 Å². The van der Waals surface area contributed by atoms with E-state index in [9.17, 15) is 19.0 Å². The van der Waals surface area contributed by atoms with Crippen LogP contribution in [0.4, 0.5) is 8.78 Å². The highest BCUT2D eigenvalue weighted by atomic mass is 19.1. The standard InChI is InChI=1S/C21H23F2NO3/c22-16-2-4-17(5-3-16)27-18-7-14-10-24(11-15(14)8-18)12-21(26)13-1-6-20(25)19(23)9-13/h1-6,9,14-15,18,21,25-26H,7-8,10-12H2/t14-,15+,18?,21?. The molecule has 1 aliphatic heterocycles. The fourth-order valence-electron chi connectivity index (χ4n) is 4.37. The maximum atomic E-state index is 13.5. The number of phenolic OH excluding ortho intramolecular Hbond substituents is 1. The molecule has 144 valence electrons. The average Bonchev–Trinajstić information content (AvgIpc) is 3.17. The van der Waals surface area contributed by atoms with Crippen molar-refractivity contribution >= 4 is 0 Å². The summed E-state index contributed by atoms with van der Waals surface area (Å²) in [6.45, 7) is 2.21. The van der Waals surface area contributed by atoms with Crippen LogP contribution >= 0.6 is 0 Å². The molecule has 4 nitrogen and oxygen atoms in total. The molecule has 1 heterocycles. The summed E-state index contributed by atoms with van der Waals surface area (Å²) in [4.78, 5) is 2.21. The van der Waals surface area contributed by atoms with Crippen LogP contribution < -0.4 is 4.74 Å². The van der Waals surface area contributed by atoms with Crippen molar-refractivity contribution in [2.75, 3.05) is 19.6 Å². The fourth-order valence-corrected chi connectivity index (χ4v) is 4.37. The molecule has 4 rings (SSSR count). The largest absolute Gasteiger partial charge is 0.505 e. The maximum absolute atomic E-state index is 13.5. The molecule has 0 radical (unpaired) electrons.